The largest absolute Gasteiger partial charge is 0.497 e. The minimum atomic E-state index is -4.46. The van der Waals surface area contributed by atoms with Gasteiger partial charge in [-0.05, 0) is 65.8 Å². The Labute approximate surface area is 206 Å². The Morgan fingerprint density at radius 2 is 1.78 bits per heavy atom. The molecule has 0 saturated heterocycles. The van der Waals surface area contributed by atoms with Crippen LogP contribution in [-0.2, 0) is 23.8 Å². The standard InChI is InChI=1S/C28H25F3O5/c1-34-18-4-2-16(3-5-18)12-23-21-9-11-25(22(21)8-10-24(23)28(29,30)31)36-19-6-7-20-17(13-27(32)33)15-35-26(20)14-19/h2-8,10,14,17,25H,9,11-13,15H2,1H3,(H,32,33)/t17-,25-/m1/s1. The molecule has 0 aromatic heterocycles. The van der Waals surface area contributed by atoms with Crippen LogP contribution in [0.4, 0.5) is 13.2 Å². The van der Waals surface area contributed by atoms with Crippen molar-refractivity contribution < 1.29 is 37.3 Å². The van der Waals surface area contributed by atoms with Crippen LogP contribution in [-0.4, -0.2) is 24.8 Å². The molecular formula is C28H25F3O5. The summed E-state index contributed by atoms with van der Waals surface area (Å²) in [6, 6.07) is 15.0. The van der Waals surface area contributed by atoms with E-state index in [1.165, 1.54) is 6.07 Å². The Bertz CT molecular complexity index is 1280. The highest BCUT2D eigenvalue weighted by Crippen LogP contribution is 2.44. The van der Waals surface area contributed by atoms with Crippen LogP contribution in [0.25, 0.3) is 0 Å². The average molecular weight is 498 g/mol. The van der Waals surface area contributed by atoms with Crippen LogP contribution in [0.15, 0.2) is 54.6 Å². The van der Waals surface area contributed by atoms with Gasteiger partial charge in [-0.3, -0.25) is 4.79 Å². The number of carbonyl (C=O) groups is 1. The highest BCUT2D eigenvalue weighted by Gasteiger charge is 2.37. The van der Waals surface area contributed by atoms with Crippen LogP contribution in [0, 0.1) is 0 Å². The first-order valence-electron chi connectivity index (χ1n) is 11.7. The van der Waals surface area contributed by atoms with E-state index < -0.39 is 17.7 Å². The summed E-state index contributed by atoms with van der Waals surface area (Å²) in [5.74, 6) is 0.681. The summed E-state index contributed by atoms with van der Waals surface area (Å²) >= 11 is 0. The molecule has 5 rings (SSSR count). The zero-order valence-electron chi connectivity index (χ0n) is 19.6. The zero-order chi connectivity index (χ0) is 25.4. The molecule has 5 nitrogen and oxygen atoms in total. The first kappa shape index (κ1) is 24.0. The Morgan fingerprint density at radius 1 is 1.06 bits per heavy atom. The van der Waals surface area contributed by atoms with Gasteiger partial charge in [-0.15, -0.1) is 0 Å². The molecule has 3 aromatic carbocycles. The molecule has 0 fully saturated rings. The van der Waals surface area contributed by atoms with Crippen molar-refractivity contribution in [3.63, 3.8) is 0 Å². The number of hydrogen-bond acceptors (Lipinski definition) is 4. The quantitative estimate of drug-likeness (QED) is 0.413. The monoisotopic (exact) mass is 498 g/mol. The number of aliphatic carboxylic acids is 1. The number of carboxylic acids is 1. The van der Waals surface area contributed by atoms with Gasteiger partial charge in [0.05, 0.1) is 25.7 Å². The van der Waals surface area contributed by atoms with Gasteiger partial charge < -0.3 is 19.3 Å². The fourth-order valence-corrected chi connectivity index (χ4v) is 5.15. The maximum absolute atomic E-state index is 13.9. The molecule has 0 radical (unpaired) electrons. The number of alkyl halides is 3. The first-order chi connectivity index (χ1) is 17.2. The summed E-state index contributed by atoms with van der Waals surface area (Å²) in [5.41, 5.74) is 2.71. The molecule has 1 aliphatic heterocycles. The predicted molar refractivity (Wildman–Crippen MR) is 126 cm³/mol. The molecule has 2 atom stereocenters. The van der Waals surface area contributed by atoms with Crippen LogP contribution < -0.4 is 14.2 Å². The van der Waals surface area contributed by atoms with Crippen molar-refractivity contribution in [2.24, 2.45) is 0 Å². The van der Waals surface area contributed by atoms with Gasteiger partial charge in [-0.25, -0.2) is 0 Å². The molecule has 8 heteroatoms. The maximum atomic E-state index is 13.9. The van der Waals surface area contributed by atoms with E-state index in [0.717, 1.165) is 22.8 Å². The molecule has 0 saturated carbocycles. The topological polar surface area (TPSA) is 65.0 Å². The van der Waals surface area contributed by atoms with Gasteiger partial charge in [0.1, 0.15) is 23.4 Å². The van der Waals surface area contributed by atoms with Crippen molar-refractivity contribution >= 4 is 5.97 Å². The minimum Gasteiger partial charge on any atom is -0.497 e. The summed E-state index contributed by atoms with van der Waals surface area (Å²) in [6.45, 7) is 0.298. The SMILES string of the molecule is COc1ccc(Cc2c(C(F)(F)F)ccc3c2CC[C@H]3Oc2ccc3c(c2)OC[C@H]3CC(=O)O)cc1. The lowest BCUT2D eigenvalue weighted by atomic mass is 9.92. The van der Waals surface area contributed by atoms with Gasteiger partial charge in [0.15, 0.2) is 0 Å². The molecule has 3 aromatic rings. The van der Waals surface area contributed by atoms with E-state index in [4.69, 9.17) is 19.3 Å². The smallest absolute Gasteiger partial charge is 0.416 e. The molecule has 0 unspecified atom stereocenters. The number of fused-ring (bicyclic) bond motifs is 2. The lowest BCUT2D eigenvalue weighted by molar-refractivity contribution is -0.138. The second-order valence-electron chi connectivity index (χ2n) is 9.13. The van der Waals surface area contributed by atoms with Gasteiger partial charge in [0.25, 0.3) is 0 Å². The third-order valence-electron chi connectivity index (χ3n) is 6.88. The number of benzene rings is 3. The van der Waals surface area contributed by atoms with Gasteiger partial charge in [0, 0.05) is 17.5 Å². The molecule has 2 aliphatic rings. The van der Waals surface area contributed by atoms with E-state index in [0.29, 0.717) is 42.3 Å². The maximum Gasteiger partial charge on any atom is 0.416 e. The summed E-state index contributed by atoms with van der Waals surface area (Å²) in [4.78, 5) is 11.1. The van der Waals surface area contributed by atoms with E-state index in [2.05, 4.69) is 0 Å². The number of halogens is 3. The van der Waals surface area contributed by atoms with Crippen LogP contribution in [0.1, 0.15) is 58.2 Å². The highest BCUT2D eigenvalue weighted by atomic mass is 19.4. The van der Waals surface area contributed by atoms with E-state index >= 15 is 0 Å². The summed E-state index contributed by atoms with van der Waals surface area (Å²) in [6.07, 6.45) is -3.65. The Kier molecular flexibility index (Phi) is 6.28. The molecule has 0 spiro atoms. The molecule has 36 heavy (non-hydrogen) atoms. The fourth-order valence-electron chi connectivity index (χ4n) is 5.15. The molecule has 1 N–H and O–H groups in total. The number of ether oxygens (including phenoxy) is 3. The van der Waals surface area contributed by atoms with E-state index in [9.17, 15) is 18.0 Å². The number of carboxylic acid groups (broad SMARTS) is 1. The minimum absolute atomic E-state index is 0.0122. The predicted octanol–water partition coefficient (Wildman–Crippen LogP) is 6.32. The third kappa shape index (κ3) is 4.72. The van der Waals surface area contributed by atoms with Crippen LogP contribution in [0.5, 0.6) is 17.2 Å². The van der Waals surface area contributed by atoms with Crippen molar-refractivity contribution in [3.05, 3.63) is 88.0 Å². The molecular weight excluding hydrogens is 473 g/mol. The second-order valence-corrected chi connectivity index (χ2v) is 9.13. The molecule has 0 bridgehead atoms. The summed E-state index contributed by atoms with van der Waals surface area (Å²) in [7, 11) is 1.54. The normalized spacial score (nSPS) is 18.3. The number of methoxy groups -OCH3 is 1. The van der Waals surface area contributed by atoms with Crippen molar-refractivity contribution in [2.75, 3.05) is 13.7 Å². The van der Waals surface area contributed by atoms with Gasteiger partial charge in [-0.1, -0.05) is 24.3 Å². The van der Waals surface area contributed by atoms with Crippen molar-refractivity contribution in [1.82, 2.24) is 0 Å². The Balaban J connectivity index is 1.42. The number of hydrogen-bond donors (Lipinski definition) is 1. The van der Waals surface area contributed by atoms with Crippen molar-refractivity contribution in [1.29, 1.82) is 0 Å². The fraction of sp³-hybridized carbons (Fsp3) is 0.321. The van der Waals surface area contributed by atoms with Crippen LogP contribution in [0.2, 0.25) is 0 Å². The molecule has 1 heterocycles. The van der Waals surface area contributed by atoms with E-state index in [1.54, 1.807) is 43.5 Å². The third-order valence-corrected chi connectivity index (χ3v) is 6.88. The van der Waals surface area contributed by atoms with Crippen LogP contribution >= 0.6 is 0 Å². The van der Waals surface area contributed by atoms with Gasteiger partial charge in [-0.2, -0.15) is 13.2 Å². The highest BCUT2D eigenvalue weighted by molar-refractivity contribution is 5.68. The first-order valence-corrected chi connectivity index (χ1v) is 11.7. The van der Waals surface area contributed by atoms with E-state index in [1.807, 2.05) is 6.07 Å². The van der Waals surface area contributed by atoms with Crippen molar-refractivity contribution in [3.8, 4) is 17.2 Å². The lowest BCUT2D eigenvalue weighted by Gasteiger charge is -2.20. The number of rotatable bonds is 7. The molecule has 188 valence electrons. The van der Waals surface area contributed by atoms with Gasteiger partial charge >= 0.3 is 12.1 Å². The van der Waals surface area contributed by atoms with Gasteiger partial charge in [0.2, 0.25) is 0 Å². The summed E-state index contributed by atoms with van der Waals surface area (Å²) in [5, 5.41) is 9.09. The zero-order valence-corrected chi connectivity index (χ0v) is 19.6. The second kappa shape index (κ2) is 9.41. The Morgan fingerprint density at radius 3 is 2.47 bits per heavy atom. The average Bonchev–Trinajstić information content (AvgIpc) is 3.43. The molecule has 1 aliphatic carbocycles. The molecule has 0 amide bonds. The van der Waals surface area contributed by atoms with Crippen molar-refractivity contribution in [2.45, 2.75) is 43.9 Å². The van der Waals surface area contributed by atoms with E-state index in [-0.39, 0.29) is 30.4 Å². The summed E-state index contributed by atoms with van der Waals surface area (Å²) < 4.78 is 58.8. The van der Waals surface area contributed by atoms with Crippen LogP contribution in [0.3, 0.4) is 0 Å². The Hall–Kier alpha value is -3.68. The lowest BCUT2D eigenvalue weighted by Crippen LogP contribution is -2.13.